The standard InChI is InChI=1S/C30H24FN5O2S/c31-22-12-14-23(15-13-22)36-27(18-32-29(38)25-10-5-8-20-6-1-3-9-24(20)25)33-34-30(36)39-19-28(37)35-17-16-21-7-2-4-11-26(21)35/h1-15H,16-19H2,(H,32,38). The van der Waals surface area contributed by atoms with Gasteiger partial charge in [-0.2, -0.15) is 0 Å². The molecule has 7 nitrogen and oxygen atoms in total. The predicted octanol–water partition coefficient (Wildman–Crippen LogP) is 5.17. The average Bonchev–Trinajstić information content (AvgIpc) is 3.59. The molecule has 9 heteroatoms. The summed E-state index contributed by atoms with van der Waals surface area (Å²) in [6, 6.07) is 27.2. The fourth-order valence-electron chi connectivity index (χ4n) is 4.84. The lowest BCUT2D eigenvalue weighted by Gasteiger charge is -2.17. The largest absolute Gasteiger partial charge is 0.345 e. The highest BCUT2D eigenvalue weighted by molar-refractivity contribution is 7.99. The number of anilines is 1. The van der Waals surface area contributed by atoms with E-state index in [2.05, 4.69) is 15.5 Å². The van der Waals surface area contributed by atoms with Gasteiger partial charge in [-0.1, -0.05) is 66.4 Å². The Balaban J connectivity index is 1.23. The van der Waals surface area contributed by atoms with Crippen molar-refractivity contribution in [3.05, 3.63) is 114 Å². The second-order valence-electron chi connectivity index (χ2n) is 9.13. The van der Waals surface area contributed by atoms with Crippen LogP contribution in [0.25, 0.3) is 16.5 Å². The van der Waals surface area contributed by atoms with Gasteiger partial charge in [0.2, 0.25) is 5.91 Å². The molecule has 4 aromatic carbocycles. The third-order valence-electron chi connectivity index (χ3n) is 6.74. The zero-order chi connectivity index (χ0) is 26.8. The third-order valence-corrected chi connectivity index (χ3v) is 7.65. The molecule has 1 aliphatic rings. The Bertz CT molecular complexity index is 1680. The predicted molar refractivity (Wildman–Crippen MR) is 150 cm³/mol. The third kappa shape index (κ3) is 5.00. The van der Waals surface area contributed by atoms with Crippen LogP contribution in [0, 0.1) is 5.82 Å². The molecule has 5 aromatic rings. The number of hydrogen-bond donors (Lipinski definition) is 1. The molecular formula is C30H24FN5O2S. The van der Waals surface area contributed by atoms with E-state index in [-0.39, 0.29) is 29.9 Å². The normalized spacial score (nSPS) is 12.5. The molecule has 0 spiro atoms. The van der Waals surface area contributed by atoms with Crippen molar-refractivity contribution in [2.24, 2.45) is 0 Å². The van der Waals surface area contributed by atoms with E-state index in [0.717, 1.165) is 28.4 Å². The SMILES string of the molecule is O=C(NCc1nnc(SCC(=O)N2CCc3ccccc32)n1-c1ccc(F)cc1)c1cccc2ccccc12. The molecule has 1 aromatic heterocycles. The maximum absolute atomic E-state index is 13.7. The minimum atomic E-state index is -0.366. The summed E-state index contributed by atoms with van der Waals surface area (Å²) in [6.45, 7) is 0.745. The van der Waals surface area contributed by atoms with Gasteiger partial charge >= 0.3 is 0 Å². The number of carbonyl (C=O) groups is 2. The van der Waals surface area contributed by atoms with E-state index in [0.29, 0.717) is 28.8 Å². The fraction of sp³-hybridized carbons (Fsp3) is 0.133. The molecule has 1 aliphatic heterocycles. The van der Waals surface area contributed by atoms with Crippen molar-refractivity contribution in [2.75, 3.05) is 17.2 Å². The summed E-state index contributed by atoms with van der Waals surface area (Å²) in [4.78, 5) is 28.0. The highest BCUT2D eigenvalue weighted by atomic mass is 32.2. The van der Waals surface area contributed by atoms with Crippen molar-refractivity contribution in [3.8, 4) is 5.69 Å². The van der Waals surface area contributed by atoms with E-state index in [1.165, 1.54) is 23.9 Å². The van der Waals surface area contributed by atoms with Gasteiger partial charge in [-0.3, -0.25) is 14.2 Å². The monoisotopic (exact) mass is 537 g/mol. The van der Waals surface area contributed by atoms with Crippen LogP contribution in [0.4, 0.5) is 10.1 Å². The van der Waals surface area contributed by atoms with Gasteiger partial charge in [-0.15, -0.1) is 10.2 Å². The molecule has 6 rings (SSSR count). The molecule has 2 amide bonds. The number of benzene rings is 4. The number of carbonyl (C=O) groups excluding carboxylic acids is 2. The number of fused-ring (bicyclic) bond motifs is 2. The second-order valence-corrected chi connectivity index (χ2v) is 10.1. The van der Waals surface area contributed by atoms with Crippen LogP contribution in [-0.4, -0.2) is 38.9 Å². The summed E-state index contributed by atoms with van der Waals surface area (Å²) in [6.07, 6.45) is 0.832. The highest BCUT2D eigenvalue weighted by Gasteiger charge is 2.25. The summed E-state index contributed by atoms with van der Waals surface area (Å²) in [7, 11) is 0. The second kappa shape index (κ2) is 10.7. The van der Waals surface area contributed by atoms with E-state index in [1.54, 1.807) is 27.7 Å². The zero-order valence-corrected chi connectivity index (χ0v) is 21.7. The van der Waals surface area contributed by atoms with Crippen LogP contribution in [0.2, 0.25) is 0 Å². The van der Waals surface area contributed by atoms with Gasteiger partial charge in [-0.05, 0) is 59.2 Å². The number of para-hydroxylation sites is 1. The lowest BCUT2D eigenvalue weighted by molar-refractivity contribution is -0.116. The fourth-order valence-corrected chi connectivity index (χ4v) is 5.68. The van der Waals surface area contributed by atoms with Crippen molar-refractivity contribution < 1.29 is 14.0 Å². The molecule has 0 aliphatic carbocycles. The molecule has 39 heavy (non-hydrogen) atoms. The first kappa shape index (κ1) is 24.8. The van der Waals surface area contributed by atoms with Gasteiger partial charge in [0, 0.05) is 23.5 Å². The van der Waals surface area contributed by atoms with Gasteiger partial charge in [0.15, 0.2) is 11.0 Å². The van der Waals surface area contributed by atoms with Crippen molar-refractivity contribution in [3.63, 3.8) is 0 Å². The number of thioether (sulfide) groups is 1. The van der Waals surface area contributed by atoms with Crippen LogP contribution < -0.4 is 10.2 Å². The summed E-state index contributed by atoms with van der Waals surface area (Å²) in [5.74, 6) is 0.00377. The molecular weight excluding hydrogens is 513 g/mol. The zero-order valence-electron chi connectivity index (χ0n) is 20.9. The summed E-state index contributed by atoms with van der Waals surface area (Å²) < 4.78 is 15.4. The highest BCUT2D eigenvalue weighted by Crippen LogP contribution is 2.29. The molecule has 0 saturated heterocycles. The van der Waals surface area contributed by atoms with Crippen LogP contribution in [0.5, 0.6) is 0 Å². The summed E-state index contributed by atoms with van der Waals surface area (Å²) >= 11 is 1.26. The average molecular weight is 538 g/mol. The first-order valence-corrected chi connectivity index (χ1v) is 13.5. The van der Waals surface area contributed by atoms with Crippen LogP contribution in [0.15, 0.2) is 96.2 Å². The van der Waals surface area contributed by atoms with Crippen molar-refractivity contribution in [2.45, 2.75) is 18.1 Å². The van der Waals surface area contributed by atoms with E-state index >= 15 is 0 Å². The summed E-state index contributed by atoms with van der Waals surface area (Å²) in [5, 5.41) is 13.9. The Labute approximate surface area is 228 Å². The Morgan fingerprint density at radius 1 is 0.897 bits per heavy atom. The molecule has 1 N–H and O–H groups in total. The molecule has 0 fully saturated rings. The first-order valence-electron chi connectivity index (χ1n) is 12.6. The molecule has 0 atom stereocenters. The van der Waals surface area contributed by atoms with Crippen LogP contribution in [0.3, 0.4) is 0 Å². The molecule has 0 unspecified atom stereocenters. The number of hydrogen-bond acceptors (Lipinski definition) is 5. The van der Waals surface area contributed by atoms with Crippen molar-refractivity contribution >= 4 is 40.0 Å². The number of halogens is 1. The lowest BCUT2D eigenvalue weighted by Crippen LogP contribution is -2.30. The molecule has 0 radical (unpaired) electrons. The quantitative estimate of drug-likeness (QED) is 0.290. The Kier molecular flexibility index (Phi) is 6.81. The van der Waals surface area contributed by atoms with Crippen LogP contribution in [0.1, 0.15) is 21.7 Å². The van der Waals surface area contributed by atoms with Gasteiger partial charge in [0.1, 0.15) is 5.82 Å². The number of aromatic nitrogens is 3. The van der Waals surface area contributed by atoms with Crippen LogP contribution >= 0.6 is 11.8 Å². The molecule has 0 saturated carbocycles. The maximum Gasteiger partial charge on any atom is 0.252 e. The van der Waals surface area contributed by atoms with E-state index in [9.17, 15) is 14.0 Å². The number of nitrogens with zero attached hydrogens (tertiary/aromatic N) is 4. The van der Waals surface area contributed by atoms with E-state index < -0.39 is 0 Å². The van der Waals surface area contributed by atoms with Crippen LogP contribution in [-0.2, 0) is 17.8 Å². The topological polar surface area (TPSA) is 80.1 Å². The minimum absolute atomic E-state index is 0.0237. The smallest absolute Gasteiger partial charge is 0.252 e. The van der Waals surface area contributed by atoms with Gasteiger partial charge in [0.25, 0.3) is 5.91 Å². The number of nitrogens with one attached hydrogen (secondary N) is 1. The van der Waals surface area contributed by atoms with E-state index in [4.69, 9.17) is 0 Å². The van der Waals surface area contributed by atoms with E-state index in [1.807, 2.05) is 60.7 Å². The van der Waals surface area contributed by atoms with Crippen molar-refractivity contribution in [1.29, 1.82) is 0 Å². The van der Waals surface area contributed by atoms with Gasteiger partial charge in [0.05, 0.1) is 12.3 Å². The molecule has 0 bridgehead atoms. The van der Waals surface area contributed by atoms with Crippen molar-refractivity contribution in [1.82, 2.24) is 20.1 Å². The maximum atomic E-state index is 13.7. The minimum Gasteiger partial charge on any atom is -0.345 e. The molecule has 194 valence electrons. The Morgan fingerprint density at radius 3 is 2.54 bits per heavy atom. The Morgan fingerprint density at radius 2 is 1.67 bits per heavy atom. The van der Waals surface area contributed by atoms with Gasteiger partial charge in [-0.25, -0.2) is 4.39 Å². The first-order chi connectivity index (χ1) is 19.1. The van der Waals surface area contributed by atoms with Gasteiger partial charge < -0.3 is 10.2 Å². The number of amides is 2. The lowest BCUT2D eigenvalue weighted by atomic mass is 10.0. The number of rotatable bonds is 7. The Hall–Kier alpha value is -4.50. The summed E-state index contributed by atoms with van der Waals surface area (Å²) in [5.41, 5.74) is 3.30. The molecule has 2 heterocycles.